The predicted octanol–water partition coefficient (Wildman–Crippen LogP) is 3.83. The van der Waals surface area contributed by atoms with Crippen LogP contribution >= 0.6 is 0 Å². The maximum absolute atomic E-state index is 5.36. The van der Waals surface area contributed by atoms with E-state index in [9.17, 15) is 0 Å². The lowest BCUT2D eigenvalue weighted by molar-refractivity contribution is 0.00668. The highest BCUT2D eigenvalue weighted by molar-refractivity contribution is 4.92. The maximum atomic E-state index is 5.36. The number of hydrogen-bond donors (Lipinski definition) is 0. The van der Waals surface area contributed by atoms with Crippen molar-refractivity contribution in [2.24, 2.45) is 5.92 Å². The van der Waals surface area contributed by atoms with E-state index < -0.39 is 0 Å². The van der Waals surface area contributed by atoms with Crippen molar-refractivity contribution in [3.63, 3.8) is 0 Å². The summed E-state index contributed by atoms with van der Waals surface area (Å²) in [7, 11) is 0. The average Bonchev–Trinajstić information content (AvgIpc) is 2.39. The minimum Gasteiger partial charge on any atom is -0.297 e. The van der Waals surface area contributed by atoms with Gasteiger partial charge in [-0.3, -0.25) is 4.90 Å². The summed E-state index contributed by atoms with van der Waals surface area (Å²) in [5.41, 5.74) is 0. The third-order valence-electron chi connectivity index (χ3n) is 4.86. The molecule has 96 valence electrons. The van der Waals surface area contributed by atoms with Gasteiger partial charge in [0.1, 0.15) is 0 Å². The van der Waals surface area contributed by atoms with Crippen LogP contribution in [0.5, 0.6) is 0 Å². The summed E-state index contributed by atoms with van der Waals surface area (Å²) in [5.74, 6) is 3.75. The molecule has 2 fully saturated rings. The lowest BCUT2D eigenvalue weighted by Crippen LogP contribution is -2.53. The van der Waals surface area contributed by atoms with Gasteiger partial charge >= 0.3 is 0 Å². The molecule has 0 unspecified atom stereocenters. The van der Waals surface area contributed by atoms with Gasteiger partial charge in [-0.15, -0.1) is 12.3 Å². The number of unbranched alkanes of at least 4 members (excludes halogenated alkanes) is 1. The van der Waals surface area contributed by atoms with E-state index in [-0.39, 0.29) is 0 Å². The van der Waals surface area contributed by atoms with Crippen molar-refractivity contribution in [3.8, 4) is 12.3 Å². The zero-order chi connectivity index (χ0) is 12.1. The van der Waals surface area contributed by atoms with Gasteiger partial charge in [0.15, 0.2) is 0 Å². The van der Waals surface area contributed by atoms with Gasteiger partial charge in [0, 0.05) is 18.5 Å². The SMILES string of the molecule is C#CCCC[C@@H]1CC[C@@H](CC)[C@@H]2CCCCN12. The number of terminal acetylenes is 1. The van der Waals surface area contributed by atoms with Crippen molar-refractivity contribution in [2.45, 2.75) is 76.8 Å². The summed E-state index contributed by atoms with van der Waals surface area (Å²) in [6, 6.07) is 1.75. The van der Waals surface area contributed by atoms with E-state index in [4.69, 9.17) is 6.42 Å². The van der Waals surface area contributed by atoms with Gasteiger partial charge in [0.05, 0.1) is 0 Å². The summed E-state index contributed by atoms with van der Waals surface area (Å²) in [5, 5.41) is 0. The normalized spacial score (nSPS) is 34.0. The van der Waals surface area contributed by atoms with Gasteiger partial charge in [-0.1, -0.05) is 19.8 Å². The molecule has 0 aliphatic carbocycles. The van der Waals surface area contributed by atoms with Gasteiger partial charge in [0.25, 0.3) is 0 Å². The Bertz CT molecular complexity index is 265. The van der Waals surface area contributed by atoms with E-state index in [0.717, 1.165) is 24.4 Å². The fourth-order valence-electron chi connectivity index (χ4n) is 3.93. The topological polar surface area (TPSA) is 3.24 Å². The summed E-state index contributed by atoms with van der Waals surface area (Å²) in [4.78, 5) is 2.84. The molecule has 2 aliphatic heterocycles. The van der Waals surface area contributed by atoms with Crippen LogP contribution in [0.3, 0.4) is 0 Å². The van der Waals surface area contributed by atoms with Crippen molar-refractivity contribution in [1.29, 1.82) is 0 Å². The molecule has 0 saturated carbocycles. The fourth-order valence-corrected chi connectivity index (χ4v) is 3.93. The standard InChI is InChI=1S/C16H27N/c1-3-5-6-9-15-12-11-14(4-2)16-10-7-8-13-17(15)16/h1,14-16H,4-13H2,2H3/t14-,15-,16+/m1/s1. The molecule has 0 aromatic heterocycles. The van der Waals surface area contributed by atoms with Crippen molar-refractivity contribution in [1.82, 2.24) is 4.90 Å². The highest BCUT2D eigenvalue weighted by Crippen LogP contribution is 2.37. The van der Waals surface area contributed by atoms with Crippen LogP contribution in [0.4, 0.5) is 0 Å². The first-order chi connectivity index (χ1) is 8.36. The molecule has 2 saturated heterocycles. The van der Waals surface area contributed by atoms with Crippen LogP contribution in [0, 0.1) is 18.3 Å². The van der Waals surface area contributed by atoms with Crippen molar-refractivity contribution >= 4 is 0 Å². The monoisotopic (exact) mass is 233 g/mol. The maximum Gasteiger partial charge on any atom is 0.0126 e. The number of hydrogen-bond acceptors (Lipinski definition) is 1. The van der Waals surface area contributed by atoms with Crippen LogP contribution in [-0.4, -0.2) is 23.5 Å². The highest BCUT2D eigenvalue weighted by atomic mass is 15.2. The first-order valence-corrected chi connectivity index (χ1v) is 7.56. The Hall–Kier alpha value is -0.480. The van der Waals surface area contributed by atoms with Gasteiger partial charge in [-0.05, 0) is 51.0 Å². The summed E-state index contributed by atoms with van der Waals surface area (Å²) >= 11 is 0. The molecule has 2 heterocycles. The average molecular weight is 233 g/mol. The third-order valence-corrected chi connectivity index (χ3v) is 4.86. The second-order valence-corrected chi connectivity index (χ2v) is 5.80. The van der Waals surface area contributed by atoms with Crippen molar-refractivity contribution < 1.29 is 0 Å². The number of rotatable bonds is 4. The second kappa shape index (κ2) is 6.45. The molecule has 1 nitrogen and oxygen atoms in total. The van der Waals surface area contributed by atoms with Crippen LogP contribution in [0.25, 0.3) is 0 Å². The summed E-state index contributed by atoms with van der Waals surface area (Å²) in [6.45, 7) is 3.72. The Labute approximate surface area is 107 Å². The minimum atomic E-state index is 0.844. The first-order valence-electron chi connectivity index (χ1n) is 7.56. The summed E-state index contributed by atoms with van der Waals surface area (Å²) < 4.78 is 0. The van der Waals surface area contributed by atoms with Crippen LogP contribution in [-0.2, 0) is 0 Å². The fraction of sp³-hybridized carbons (Fsp3) is 0.875. The Morgan fingerprint density at radius 2 is 2.12 bits per heavy atom. The molecule has 0 spiro atoms. The van der Waals surface area contributed by atoms with Gasteiger partial charge < -0.3 is 0 Å². The van der Waals surface area contributed by atoms with Crippen molar-refractivity contribution in [2.75, 3.05) is 6.54 Å². The Kier molecular flexibility index (Phi) is 4.92. The number of fused-ring (bicyclic) bond motifs is 1. The van der Waals surface area contributed by atoms with E-state index in [2.05, 4.69) is 17.7 Å². The Morgan fingerprint density at radius 1 is 1.24 bits per heavy atom. The molecule has 2 rings (SSSR count). The Morgan fingerprint density at radius 3 is 2.88 bits per heavy atom. The van der Waals surface area contributed by atoms with E-state index >= 15 is 0 Å². The van der Waals surface area contributed by atoms with Crippen LogP contribution in [0.1, 0.15) is 64.7 Å². The van der Waals surface area contributed by atoms with E-state index in [1.165, 1.54) is 57.9 Å². The molecule has 0 amide bonds. The smallest absolute Gasteiger partial charge is 0.0126 e. The van der Waals surface area contributed by atoms with Crippen LogP contribution in [0.15, 0.2) is 0 Å². The third kappa shape index (κ3) is 3.05. The van der Waals surface area contributed by atoms with Gasteiger partial charge in [-0.25, -0.2) is 0 Å². The number of piperidine rings is 2. The molecule has 0 aromatic rings. The Balaban J connectivity index is 1.92. The van der Waals surface area contributed by atoms with E-state index in [0.29, 0.717) is 0 Å². The van der Waals surface area contributed by atoms with E-state index in [1.54, 1.807) is 0 Å². The molecule has 1 heteroatoms. The molecule has 0 radical (unpaired) electrons. The van der Waals surface area contributed by atoms with Crippen LogP contribution in [0.2, 0.25) is 0 Å². The lowest BCUT2D eigenvalue weighted by atomic mass is 9.78. The predicted molar refractivity (Wildman–Crippen MR) is 73.8 cm³/mol. The van der Waals surface area contributed by atoms with Gasteiger partial charge in [0.2, 0.25) is 0 Å². The minimum absolute atomic E-state index is 0.844. The first kappa shape index (κ1) is 13.0. The zero-order valence-corrected chi connectivity index (χ0v) is 11.3. The second-order valence-electron chi connectivity index (χ2n) is 5.80. The molecule has 0 N–H and O–H groups in total. The molecule has 0 aromatic carbocycles. The van der Waals surface area contributed by atoms with Crippen LogP contribution < -0.4 is 0 Å². The highest BCUT2D eigenvalue weighted by Gasteiger charge is 2.36. The van der Waals surface area contributed by atoms with E-state index in [1.807, 2.05) is 0 Å². The zero-order valence-electron chi connectivity index (χ0n) is 11.3. The molecule has 2 aliphatic rings. The molecular formula is C16H27N. The van der Waals surface area contributed by atoms with Crippen molar-refractivity contribution in [3.05, 3.63) is 0 Å². The molecule has 17 heavy (non-hydrogen) atoms. The molecule has 0 bridgehead atoms. The quantitative estimate of drug-likeness (QED) is 0.527. The van der Waals surface area contributed by atoms with Gasteiger partial charge in [-0.2, -0.15) is 0 Å². The molecular weight excluding hydrogens is 206 g/mol. The number of nitrogens with zero attached hydrogens (tertiary/aromatic N) is 1. The summed E-state index contributed by atoms with van der Waals surface area (Å²) in [6.07, 6.45) is 17.4. The largest absolute Gasteiger partial charge is 0.297 e. The lowest BCUT2D eigenvalue weighted by Gasteiger charge is -2.49. The molecule has 3 atom stereocenters.